The maximum Gasteiger partial charge on any atom is 0.264 e. The van der Waals surface area contributed by atoms with Crippen LogP contribution < -0.4 is 19.3 Å². The Morgan fingerprint density at radius 2 is 1.81 bits per heavy atom. The van der Waals surface area contributed by atoms with Crippen LogP contribution in [0.15, 0.2) is 41.3 Å². The predicted octanol–water partition coefficient (Wildman–Crippen LogP) is 2.48. The molecule has 6 nitrogen and oxygen atoms in total. The van der Waals surface area contributed by atoms with Crippen molar-refractivity contribution >= 4 is 33.0 Å². The van der Waals surface area contributed by atoms with E-state index in [1.165, 1.54) is 22.5 Å². The fraction of sp³-hybridized carbons (Fsp3) is 0.333. The van der Waals surface area contributed by atoms with Crippen LogP contribution in [0.25, 0.3) is 0 Å². The summed E-state index contributed by atoms with van der Waals surface area (Å²) in [6.45, 7) is 3.54. The molecule has 4 rings (SSSR count). The predicted molar refractivity (Wildman–Crippen MR) is 103 cm³/mol. The molecule has 2 aliphatic rings. The van der Waals surface area contributed by atoms with Crippen LogP contribution >= 0.6 is 11.6 Å². The number of hydrogen-bond donors (Lipinski definition) is 1. The van der Waals surface area contributed by atoms with Gasteiger partial charge in [-0.2, -0.15) is 0 Å². The fourth-order valence-electron chi connectivity index (χ4n) is 3.39. The van der Waals surface area contributed by atoms with Gasteiger partial charge in [0.1, 0.15) is 12.4 Å². The second kappa shape index (κ2) is 7.18. The number of sulfonamides is 1. The Bertz CT molecular complexity index is 964. The first kappa shape index (κ1) is 18.3. The van der Waals surface area contributed by atoms with Gasteiger partial charge in [0, 0.05) is 31.2 Å². The zero-order chi connectivity index (χ0) is 19.0. The van der Waals surface area contributed by atoms with Crippen molar-refractivity contribution in [2.24, 2.45) is 0 Å². The molecule has 0 saturated carbocycles. The number of rotatable bonds is 3. The maximum atomic E-state index is 13.6. The van der Waals surface area contributed by atoms with Gasteiger partial charge in [-0.3, -0.25) is 4.31 Å². The van der Waals surface area contributed by atoms with Gasteiger partial charge in [0.15, 0.2) is 5.75 Å². The highest BCUT2D eigenvalue weighted by molar-refractivity contribution is 7.92. The number of anilines is 2. The van der Waals surface area contributed by atoms with Crippen molar-refractivity contribution in [1.29, 1.82) is 0 Å². The minimum Gasteiger partial charge on any atom is -0.487 e. The third kappa shape index (κ3) is 3.44. The second-order valence-electron chi connectivity index (χ2n) is 6.39. The normalized spacial score (nSPS) is 17.4. The summed E-state index contributed by atoms with van der Waals surface area (Å²) in [5, 5.41) is 3.71. The lowest BCUT2D eigenvalue weighted by molar-refractivity contribution is 0.315. The van der Waals surface area contributed by atoms with Gasteiger partial charge in [0.05, 0.1) is 22.8 Å². The SMILES string of the molecule is O=S(=O)(c1cccc(F)c1)N1CCOc2c(N3CCNCC3)cc(Cl)cc21. The van der Waals surface area contributed by atoms with Crippen LogP contribution in [0.1, 0.15) is 0 Å². The van der Waals surface area contributed by atoms with Crippen LogP contribution in [0.2, 0.25) is 5.02 Å². The molecule has 0 unspecified atom stereocenters. The minimum atomic E-state index is -3.94. The molecule has 2 heterocycles. The fourth-order valence-corrected chi connectivity index (χ4v) is 5.08. The monoisotopic (exact) mass is 411 g/mol. The van der Waals surface area contributed by atoms with Gasteiger partial charge in [0.25, 0.3) is 10.0 Å². The lowest BCUT2D eigenvalue weighted by atomic mass is 10.2. The van der Waals surface area contributed by atoms with Crippen LogP contribution in [0.5, 0.6) is 5.75 Å². The van der Waals surface area contributed by atoms with Crippen LogP contribution in [0.3, 0.4) is 0 Å². The lowest BCUT2D eigenvalue weighted by Crippen LogP contribution is -2.44. The van der Waals surface area contributed by atoms with Gasteiger partial charge in [-0.1, -0.05) is 17.7 Å². The Morgan fingerprint density at radius 3 is 2.56 bits per heavy atom. The summed E-state index contributed by atoms with van der Waals surface area (Å²) in [7, 11) is -3.94. The number of fused-ring (bicyclic) bond motifs is 1. The zero-order valence-corrected chi connectivity index (χ0v) is 16.1. The summed E-state index contributed by atoms with van der Waals surface area (Å²) >= 11 is 6.31. The van der Waals surface area contributed by atoms with E-state index in [2.05, 4.69) is 10.2 Å². The Hall–Kier alpha value is -2.03. The van der Waals surface area contributed by atoms with E-state index in [0.29, 0.717) is 16.5 Å². The molecule has 1 saturated heterocycles. The van der Waals surface area contributed by atoms with E-state index in [-0.39, 0.29) is 18.0 Å². The highest BCUT2D eigenvalue weighted by Gasteiger charge is 2.33. The van der Waals surface area contributed by atoms with E-state index < -0.39 is 15.8 Å². The van der Waals surface area contributed by atoms with Crippen molar-refractivity contribution in [3.05, 3.63) is 47.2 Å². The highest BCUT2D eigenvalue weighted by atomic mass is 35.5. The second-order valence-corrected chi connectivity index (χ2v) is 8.69. The third-order valence-corrected chi connectivity index (χ3v) is 6.69. The molecule has 2 aromatic rings. The van der Waals surface area contributed by atoms with E-state index in [0.717, 1.165) is 37.9 Å². The molecular weight excluding hydrogens is 393 g/mol. The number of piperazine rings is 1. The Balaban J connectivity index is 1.80. The molecule has 27 heavy (non-hydrogen) atoms. The van der Waals surface area contributed by atoms with Crippen molar-refractivity contribution in [2.75, 3.05) is 48.5 Å². The maximum absolute atomic E-state index is 13.6. The summed E-state index contributed by atoms with van der Waals surface area (Å²) in [4.78, 5) is 2.03. The van der Waals surface area contributed by atoms with E-state index in [1.54, 1.807) is 12.1 Å². The van der Waals surface area contributed by atoms with Gasteiger partial charge in [-0.15, -0.1) is 0 Å². The van der Waals surface area contributed by atoms with Crippen molar-refractivity contribution in [2.45, 2.75) is 4.90 Å². The molecule has 0 atom stereocenters. The average Bonchev–Trinajstić information content (AvgIpc) is 2.67. The Labute approximate surface area is 162 Å². The van der Waals surface area contributed by atoms with E-state index in [1.807, 2.05) is 0 Å². The van der Waals surface area contributed by atoms with Crippen LogP contribution in [-0.2, 0) is 10.0 Å². The quantitative estimate of drug-likeness (QED) is 0.840. The first-order valence-corrected chi connectivity index (χ1v) is 10.5. The summed E-state index contributed by atoms with van der Waals surface area (Å²) in [5.41, 5.74) is 1.16. The number of ether oxygens (including phenoxy) is 1. The smallest absolute Gasteiger partial charge is 0.264 e. The van der Waals surface area contributed by atoms with Crippen LogP contribution in [-0.4, -0.2) is 47.7 Å². The summed E-state index contributed by atoms with van der Waals surface area (Å²) in [6, 6.07) is 8.38. The topological polar surface area (TPSA) is 61.9 Å². The van der Waals surface area contributed by atoms with Gasteiger partial charge >= 0.3 is 0 Å². The number of nitrogens with one attached hydrogen (secondary N) is 1. The average molecular weight is 412 g/mol. The largest absolute Gasteiger partial charge is 0.487 e. The highest BCUT2D eigenvalue weighted by Crippen LogP contribution is 2.44. The van der Waals surface area contributed by atoms with Gasteiger partial charge in [-0.05, 0) is 30.3 Å². The van der Waals surface area contributed by atoms with Crippen molar-refractivity contribution in [3.63, 3.8) is 0 Å². The van der Waals surface area contributed by atoms with Crippen LogP contribution in [0, 0.1) is 5.82 Å². The number of benzene rings is 2. The number of hydrogen-bond acceptors (Lipinski definition) is 5. The molecule has 144 valence electrons. The molecule has 1 fully saturated rings. The molecule has 0 radical (unpaired) electrons. The molecule has 0 bridgehead atoms. The lowest BCUT2D eigenvalue weighted by Gasteiger charge is -2.36. The molecule has 0 spiro atoms. The van der Waals surface area contributed by atoms with E-state index in [9.17, 15) is 12.8 Å². The van der Waals surface area contributed by atoms with Gasteiger partial charge in [-0.25, -0.2) is 12.8 Å². The summed E-state index contributed by atoms with van der Waals surface area (Å²) < 4.78 is 47.0. The van der Waals surface area contributed by atoms with Crippen molar-refractivity contribution in [3.8, 4) is 5.75 Å². The molecule has 9 heteroatoms. The first-order chi connectivity index (χ1) is 13.0. The van der Waals surface area contributed by atoms with Gasteiger partial charge in [0.2, 0.25) is 0 Å². The molecular formula is C18H19ClFN3O3S. The molecule has 0 aliphatic carbocycles. The third-order valence-electron chi connectivity index (χ3n) is 4.67. The summed E-state index contributed by atoms with van der Waals surface area (Å²) in [6.07, 6.45) is 0. The minimum absolute atomic E-state index is 0.0981. The van der Waals surface area contributed by atoms with Gasteiger partial charge < -0.3 is 15.0 Å². The molecule has 0 amide bonds. The van der Waals surface area contributed by atoms with E-state index >= 15 is 0 Å². The zero-order valence-electron chi connectivity index (χ0n) is 14.5. The number of nitrogens with zero attached hydrogens (tertiary/aromatic N) is 2. The standard InChI is InChI=1S/C18H19ClFN3O3S/c19-13-10-16(22-6-4-21-5-7-22)18-17(11-13)23(8-9-26-18)27(24,25)15-3-1-2-14(20)12-15/h1-3,10-12,21H,4-9H2. The van der Waals surface area contributed by atoms with E-state index in [4.69, 9.17) is 16.3 Å². The molecule has 1 N–H and O–H groups in total. The molecule has 2 aromatic carbocycles. The Morgan fingerprint density at radius 1 is 1.07 bits per heavy atom. The Kier molecular flexibility index (Phi) is 4.88. The number of halogens is 2. The van der Waals surface area contributed by atoms with Crippen molar-refractivity contribution < 1.29 is 17.5 Å². The molecule has 2 aliphatic heterocycles. The summed E-state index contributed by atoms with van der Waals surface area (Å²) in [5.74, 6) is -0.107. The first-order valence-electron chi connectivity index (χ1n) is 8.67. The van der Waals surface area contributed by atoms with Crippen molar-refractivity contribution in [1.82, 2.24) is 5.32 Å². The molecule has 0 aromatic heterocycles. The van der Waals surface area contributed by atoms with Crippen LogP contribution in [0.4, 0.5) is 15.8 Å².